The molecule has 2 heterocycles. The lowest BCUT2D eigenvalue weighted by molar-refractivity contribution is -0.248. The van der Waals surface area contributed by atoms with Gasteiger partial charge in [-0.25, -0.2) is 0 Å². The Morgan fingerprint density at radius 1 is 0.521 bits per heavy atom. The first-order valence-corrected chi connectivity index (χ1v) is 13.7. The van der Waals surface area contributed by atoms with Crippen molar-refractivity contribution in [3.63, 3.8) is 0 Å². The molecule has 24 nitrogen and oxygen atoms in total. The van der Waals surface area contributed by atoms with Crippen molar-refractivity contribution < 1.29 is 121 Å². The highest BCUT2D eigenvalue weighted by molar-refractivity contribution is 5.57. The molecule has 0 unspecified atom stereocenters. The molecule has 16 atom stereocenters. The van der Waals surface area contributed by atoms with Crippen LogP contribution in [0.3, 0.4) is 0 Å². The second-order valence-electron chi connectivity index (χ2n) is 10.3. The van der Waals surface area contributed by atoms with Crippen LogP contribution < -0.4 is 0 Å². The molecule has 0 amide bonds. The van der Waals surface area contributed by atoms with E-state index < -0.39 is 137 Å². The maximum atomic E-state index is 9.90. The normalized spacial score (nSPS) is 34.7. The number of aliphatic hydroxyl groups is 20. The third kappa shape index (κ3) is 13.6. The van der Waals surface area contributed by atoms with E-state index in [-0.39, 0.29) is 12.6 Å². The summed E-state index contributed by atoms with van der Waals surface area (Å²) in [6, 6.07) is 0. The molecule has 0 spiro atoms. The van der Waals surface area contributed by atoms with Gasteiger partial charge >= 0.3 is 0 Å². The Bertz CT molecular complexity index is 804. The van der Waals surface area contributed by atoms with Crippen LogP contribution in [0.5, 0.6) is 0 Å². The number of aliphatic hydroxyl groups excluding tert-OH is 18. The maximum absolute atomic E-state index is 9.90. The van der Waals surface area contributed by atoms with Gasteiger partial charge < -0.3 is 121 Å². The Labute approximate surface area is 271 Å². The standard InChI is InChI=1S/4C6H12O6/c2*7-1-3-4(9)5(10)6(11,2-8)12-3;2*7-1-3(9)5(11)6(12)4(10)2-8/h2*3-5,7-11H,1-2H2;2*1,3-6,8-12H,2H2/t2*3-,4-,5+,6-;2*3-,4+,5+,6+/m1100/s1. The summed E-state index contributed by atoms with van der Waals surface area (Å²) in [6.07, 6.45) is -21.8. The minimum atomic E-state index is -2.16. The smallest absolute Gasteiger partial charge is 0.219 e. The molecule has 0 aliphatic carbocycles. The molecule has 2 aliphatic rings. The van der Waals surface area contributed by atoms with E-state index in [1.54, 1.807) is 0 Å². The lowest BCUT2D eigenvalue weighted by Gasteiger charge is -2.22. The molecule has 2 fully saturated rings. The van der Waals surface area contributed by atoms with Gasteiger partial charge in [-0.3, -0.25) is 0 Å². The van der Waals surface area contributed by atoms with Crippen LogP contribution in [-0.4, -0.2) is 251 Å². The summed E-state index contributed by atoms with van der Waals surface area (Å²) < 4.78 is 9.25. The molecular formula is C24H48O24. The molecule has 0 aromatic heterocycles. The topological polar surface area (TPSA) is 457 Å². The summed E-state index contributed by atoms with van der Waals surface area (Å²) in [5.41, 5.74) is 0. The van der Waals surface area contributed by atoms with E-state index in [4.69, 9.17) is 91.9 Å². The molecular weight excluding hydrogens is 672 g/mol. The largest absolute Gasteiger partial charge is 0.394 e. The van der Waals surface area contributed by atoms with Crippen molar-refractivity contribution in [3.8, 4) is 0 Å². The van der Waals surface area contributed by atoms with Gasteiger partial charge in [-0.05, 0) is 0 Å². The first-order valence-electron chi connectivity index (χ1n) is 13.7. The first kappa shape index (κ1) is 48.6. The van der Waals surface area contributed by atoms with E-state index >= 15 is 0 Å². The number of aldehydes is 2. The van der Waals surface area contributed by atoms with E-state index in [9.17, 15) is 19.8 Å². The van der Waals surface area contributed by atoms with Crippen molar-refractivity contribution >= 4 is 12.6 Å². The molecule has 20 N–H and O–H groups in total. The number of ether oxygens (including phenoxy) is 2. The molecule has 0 saturated carbocycles. The summed E-state index contributed by atoms with van der Waals surface area (Å²) >= 11 is 0. The zero-order chi connectivity index (χ0) is 38.2. The van der Waals surface area contributed by atoms with E-state index in [1.165, 1.54) is 0 Å². The molecule has 0 bridgehead atoms. The average Bonchev–Trinajstić information content (AvgIpc) is 3.48. The summed E-state index contributed by atoms with van der Waals surface area (Å²) in [4.78, 5) is 19.8. The lowest BCUT2D eigenvalue weighted by Crippen LogP contribution is -2.46. The van der Waals surface area contributed by atoms with Gasteiger partial charge in [-0.2, -0.15) is 0 Å². The van der Waals surface area contributed by atoms with Gasteiger partial charge in [0.1, 0.15) is 85.5 Å². The SMILES string of the molecule is O=C[C@H](O)[C@@H](O)[C@H](O)[C@H](O)CO.O=C[C@H](O)[C@@H](O)[C@H](O)[C@H](O)CO.OC[C@H]1O[C@](O)(CO)[C@@H](O)[C@@H]1O.OC[C@H]1O[C@](O)(CO)[C@@H](O)[C@@H]1O. The predicted octanol–water partition coefficient (Wildman–Crippen LogP) is -13.2. The molecule has 0 aromatic rings. The van der Waals surface area contributed by atoms with Crippen LogP contribution in [0.4, 0.5) is 0 Å². The van der Waals surface area contributed by atoms with Crippen LogP contribution in [0.2, 0.25) is 0 Å². The second-order valence-corrected chi connectivity index (χ2v) is 10.3. The average molecular weight is 721 g/mol. The quantitative estimate of drug-likeness (QED) is 0.0740. The van der Waals surface area contributed by atoms with Crippen molar-refractivity contribution in [3.05, 3.63) is 0 Å². The van der Waals surface area contributed by atoms with Gasteiger partial charge in [0.25, 0.3) is 0 Å². The number of carbonyl (C=O) groups is 2. The molecule has 0 aromatic carbocycles. The van der Waals surface area contributed by atoms with Crippen molar-refractivity contribution in [2.24, 2.45) is 0 Å². The fourth-order valence-corrected chi connectivity index (χ4v) is 3.53. The van der Waals surface area contributed by atoms with Gasteiger partial charge in [0, 0.05) is 0 Å². The number of hydrogen-bond acceptors (Lipinski definition) is 24. The zero-order valence-corrected chi connectivity index (χ0v) is 25.1. The predicted molar refractivity (Wildman–Crippen MR) is 146 cm³/mol. The summed E-state index contributed by atoms with van der Waals surface area (Å²) in [6.45, 7) is -4.24. The molecule has 0 radical (unpaired) electrons. The van der Waals surface area contributed by atoms with Crippen LogP contribution in [0.1, 0.15) is 0 Å². The van der Waals surface area contributed by atoms with Crippen molar-refractivity contribution in [1.82, 2.24) is 0 Å². The molecule has 288 valence electrons. The zero-order valence-electron chi connectivity index (χ0n) is 25.1. The first-order chi connectivity index (χ1) is 22.2. The fourth-order valence-electron chi connectivity index (χ4n) is 3.53. The minimum absolute atomic E-state index is 0.0258. The Hall–Kier alpha value is -1.54. The van der Waals surface area contributed by atoms with Crippen LogP contribution in [-0.2, 0) is 19.1 Å². The van der Waals surface area contributed by atoms with Crippen molar-refractivity contribution in [2.45, 2.75) is 97.0 Å². The van der Waals surface area contributed by atoms with Crippen LogP contribution in [0.15, 0.2) is 0 Å². The Kier molecular flexibility index (Phi) is 23.3. The van der Waals surface area contributed by atoms with Crippen molar-refractivity contribution in [1.29, 1.82) is 0 Å². The Morgan fingerprint density at radius 2 is 0.792 bits per heavy atom. The van der Waals surface area contributed by atoms with Crippen LogP contribution in [0.25, 0.3) is 0 Å². The Morgan fingerprint density at radius 3 is 0.938 bits per heavy atom. The van der Waals surface area contributed by atoms with Crippen molar-refractivity contribution in [2.75, 3.05) is 39.6 Å². The highest BCUT2D eigenvalue weighted by Gasteiger charge is 2.53. The van der Waals surface area contributed by atoms with Gasteiger partial charge in [0.15, 0.2) is 12.6 Å². The summed E-state index contributed by atoms with van der Waals surface area (Å²) in [7, 11) is 0. The lowest BCUT2D eigenvalue weighted by atomic mass is 10.0. The highest BCUT2D eigenvalue weighted by Crippen LogP contribution is 2.29. The van der Waals surface area contributed by atoms with Gasteiger partial charge in [-0.15, -0.1) is 0 Å². The van der Waals surface area contributed by atoms with E-state index in [0.717, 1.165) is 0 Å². The molecule has 48 heavy (non-hydrogen) atoms. The number of rotatable bonds is 14. The van der Waals surface area contributed by atoms with Gasteiger partial charge in [0.05, 0.1) is 39.6 Å². The van der Waals surface area contributed by atoms with Crippen LogP contribution >= 0.6 is 0 Å². The summed E-state index contributed by atoms with van der Waals surface area (Å²) in [5.74, 6) is -4.32. The van der Waals surface area contributed by atoms with Gasteiger partial charge in [0.2, 0.25) is 11.6 Å². The maximum Gasteiger partial charge on any atom is 0.219 e. The highest BCUT2D eigenvalue weighted by atomic mass is 16.7. The Balaban J connectivity index is 0. The summed E-state index contributed by atoms with van der Waals surface area (Å²) in [5, 5.41) is 176. The van der Waals surface area contributed by atoms with Crippen LogP contribution in [0, 0.1) is 0 Å². The number of carbonyl (C=O) groups excluding carboxylic acids is 2. The minimum Gasteiger partial charge on any atom is -0.394 e. The van der Waals surface area contributed by atoms with E-state index in [0.29, 0.717) is 0 Å². The molecule has 2 aliphatic heterocycles. The second kappa shape index (κ2) is 23.0. The third-order valence-corrected chi connectivity index (χ3v) is 6.70. The van der Waals surface area contributed by atoms with E-state index in [1.807, 2.05) is 0 Å². The van der Waals surface area contributed by atoms with Gasteiger partial charge in [-0.1, -0.05) is 0 Å². The monoisotopic (exact) mass is 720 g/mol. The van der Waals surface area contributed by atoms with E-state index in [2.05, 4.69) is 9.47 Å². The molecule has 24 heteroatoms. The third-order valence-electron chi connectivity index (χ3n) is 6.70. The number of hydrogen-bond donors (Lipinski definition) is 20. The fraction of sp³-hybridized carbons (Fsp3) is 0.917. The molecule has 2 saturated heterocycles. The molecule has 2 rings (SSSR count).